The van der Waals surface area contributed by atoms with Crippen LogP contribution in [0.1, 0.15) is 49.4 Å². The molecule has 0 aliphatic carbocycles. The van der Waals surface area contributed by atoms with Crippen LogP contribution < -0.4 is 10.2 Å². The molecule has 0 fully saturated rings. The van der Waals surface area contributed by atoms with Crippen molar-refractivity contribution in [2.75, 3.05) is 16.8 Å². The summed E-state index contributed by atoms with van der Waals surface area (Å²) in [7, 11) is 0. The van der Waals surface area contributed by atoms with Crippen LogP contribution in [0.15, 0.2) is 36.4 Å². The maximum absolute atomic E-state index is 12.6. The van der Waals surface area contributed by atoms with E-state index in [1.165, 1.54) is 12.5 Å². The Morgan fingerprint density at radius 3 is 2.11 bits per heavy atom. The summed E-state index contributed by atoms with van der Waals surface area (Å²) in [6, 6.07) is 12.1. The number of hydrogen-bond acceptors (Lipinski definition) is 2. The Kier molecular flexibility index (Phi) is 7.17. The quantitative estimate of drug-likeness (QED) is 0.764. The molecule has 4 nitrogen and oxygen atoms in total. The molecule has 2 aromatic rings. The van der Waals surface area contributed by atoms with Crippen LogP contribution in [0.3, 0.4) is 0 Å². The number of aryl methyl sites for hydroxylation is 4. The van der Waals surface area contributed by atoms with Gasteiger partial charge in [-0.1, -0.05) is 38.1 Å². The number of anilines is 2. The minimum Gasteiger partial charge on any atom is -0.326 e. The number of carbonyl (C=O) groups is 2. The second-order valence-corrected chi connectivity index (χ2v) is 6.90. The molecule has 0 aliphatic heterocycles. The van der Waals surface area contributed by atoms with Crippen molar-refractivity contribution < 1.29 is 9.59 Å². The normalized spacial score (nSPS) is 10.6. The van der Waals surface area contributed by atoms with E-state index in [9.17, 15) is 9.59 Å². The van der Waals surface area contributed by atoms with Crippen molar-refractivity contribution in [1.29, 1.82) is 0 Å². The van der Waals surface area contributed by atoms with Gasteiger partial charge in [-0.05, 0) is 61.1 Å². The first-order valence-corrected chi connectivity index (χ1v) is 9.63. The third-order valence-electron chi connectivity index (χ3n) is 5.01. The van der Waals surface area contributed by atoms with Crippen LogP contribution in [0.4, 0.5) is 11.4 Å². The van der Waals surface area contributed by atoms with Gasteiger partial charge in [0.1, 0.15) is 0 Å². The highest BCUT2D eigenvalue weighted by atomic mass is 16.2. The fourth-order valence-electron chi connectivity index (χ4n) is 3.18. The number of para-hydroxylation sites is 1. The average molecular weight is 367 g/mol. The van der Waals surface area contributed by atoms with Crippen LogP contribution >= 0.6 is 0 Å². The van der Waals surface area contributed by atoms with Gasteiger partial charge >= 0.3 is 0 Å². The van der Waals surface area contributed by atoms with Crippen molar-refractivity contribution in [3.05, 3.63) is 58.7 Å². The minimum absolute atomic E-state index is 0.0609. The largest absolute Gasteiger partial charge is 0.326 e. The van der Waals surface area contributed by atoms with E-state index in [1.807, 2.05) is 50.2 Å². The number of carbonyl (C=O) groups excluding carboxylic acids is 2. The topological polar surface area (TPSA) is 49.4 Å². The molecule has 2 aromatic carbocycles. The molecular formula is C23H30N2O2. The molecule has 144 valence electrons. The first kappa shape index (κ1) is 20.7. The molecule has 0 saturated heterocycles. The van der Waals surface area contributed by atoms with Crippen molar-refractivity contribution in [2.45, 2.75) is 53.9 Å². The number of hydrogen-bond donors (Lipinski definition) is 1. The van der Waals surface area contributed by atoms with Gasteiger partial charge in [0.05, 0.1) is 0 Å². The zero-order valence-corrected chi connectivity index (χ0v) is 17.1. The smallest absolute Gasteiger partial charge is 0.226 e. The standard InChI is InChI=1S/C23H30N2O2/c1-6-19-9-8-10-20(7-2)23(19)24-22(27)13-14-25(18(5)26)21-12-11-16(3)17(4)15-21/h8-12,15H,6-7,13-14H2,1-5H3,(H,24,27). The summed E-state index contributed by atoms with van der Waals surface area (Å²) in [4.78, 5) is 26.4. The number of rotatable bonds is 7. The van der Waals surface area contributed by atoms with Gasteiger partial charge in [0.2, 0.25) is 11.8 Å². The van der Waals surface area contributed by atoms with E-state index >= 15 is 0 Å². The molecule has 0 atom stereocenters. The highest BCUT2D eigenvalue weighted by Gasteiger charge is 2.15. The van der Waals surface area contributed by atoms with Crippen LogP contribution in [0.25, 0.3) is 0 Å². The number of nitrogens with one attached hydrogen (secondary N) is 1. The molecule has 2 amide bonds. The SMILES string of the molecule is CCc1cccc(CC)c1NC(=O)CCN(C(C)=O)c1ccc(C)c(C)c1. The van der Waals surface area contributed by atoms with E-state index in [-0.39, 0.29) is 18.2 Å². The first-order chi connectivity index (χ1) is 12.9. The Hall–Kier alpha value is -2.62. The van der Waals surface area contributed by atoms with E-state index in [0.29, 0.717) is 6.54 Å². The molecule has 2 rings (SSSR count). The number of benzene rings is 2. The molecule has 0 aliphatic rings. The summed E-state index contributed by atoms with van der Waals surface area (Å²) in [6.45, 7) is 10.1. The monoisotopic (exact) mass is 366 g/mol. The van der Waals surface area contributed by atoms with Crippen molar-refractivity contribution in [3.8, 4) is 0 Å². The summed E-state index contributed by atoms with van der Waals surface area (Å²) >= 11 is 0. The lowest BCUT2D eigenvalue weighted by atomic mass is 10.0. The molecular weight excluding hydrogens is 336 g/mol. The van der Waals surface area contributed by atoms with Crippen LogP contribution in [0.5, 0.6) is 0 Å². The molecule has 0 heterocycles. The lowest BCUT2D eigenvalue weighted by Gasteiger charge is -2.22. The zero-order valence-electron chi connectivity index (χ0n) is 17.1. The highest BCUT2D eigenvalue weighted by Crippen LogP contribution is 2.23. The van der Waals surface area contributed by atoms with Crippen molar-refractivity contribution in [2.24, 2.45) is 0 Å². The molecule has 0 spiro atoms. The average Bonchev–Trinajstić information content (AvgIpc) is 2.64. The summed E-state index contributed by atoms with van der Waals surface area (Å²) in [5, 5.41) is 3.07. The van der Waals surface area contributed by atoms with Crippen LogP contribution in [-0.2, 0) is 22.4 Å². The van der Waals surface area contributed by atoms with Crippen molar-refractivity contribution >= 4 is 23.2 Å². The molecule has 27 heavy (non-hydrogen) atoms. The van der Waals surface area contributed by atoms with Gasteiger partial charge in [0, 0.05) is 31.3 Å². The van der Waals surface area contributed by atoms with E-state index in [4.69, 9.17) is 0 Å². The predicted molar refractivity (Wildman–Crippen MR) is 112 cm³/mol. The van der Waals surface area contributed by atoms with Gasteiger partial charge in [-0.25, -0.2) is 0 Å². The van der Waals surface area contributed by atoms with Gasteiger partial charge in [-0.3, -0.25) is 9.59 Å². The van der Waals surface area contributed by atoms with Gasteiger partial charge in [-0.2, -0.15) is 0 Å². The second-order valence-electron chi connectivity index (χ2n) is 6.90. The van der Waals surface area contributed by atoms with Gasteiger partial charge < -0.3 is 10.2 Å². The Bertz CT molecular complexity index is 805. The van der Waals surface area contributed by atoms with Crippen LogP contribution in [0.2, 0.25) is 0 Å². The van der Waals surface area contributed by atoms with Crippen molar-refractivity contribution in [1.82, 2.24) is 0 Å². The lowest BCUT2D eigenvalue weighted by molar-refractivity contribution is -0.117. The van der Waals surface area contributed by atoms with Crippen LogP contribution in [-0.4, -0.2) is 18.4 Å². The van der Waals surface area contributed by atoms with Gasteiger partial charge in [-0.15, -0.1) is 0 Å². The zero-order chi connectivity index (χ0) is 20.0. The fourth-order valence-corrected chi connectivity index (χ4v) is 3.18. The number of amides is 2. The van der Waals surface area contributed by atoms with Gasteiger partial charge in [0.15, 0.2) is 0 Å². The Morgan fingerprint density at radius 2 is 1.59 bits per heavy atom. The summed E-state index contributed by atoms with van der Waals surface area (Å²) in [5.41, 5.74) is 6.35. The maximum atomic E-state index is 12.6. The lowest BCUT2D eigenvalue weighted by Crippen LogP contribution is -2.32. The molecule has 0 aromatic heterocycles. The molecule has 4 heteroatoms. The van der Waals surface area contributed by atoms with E-state index in [0.717, 1.165) is 40.9 Å². The van der Waals surface area contributed by atoms with Gasteiger partial charge in [0.25, 0.3) is 0 Å². The third kappa shape index (κ3) is 5.19. The fraction of sp³-hybridized carbons (Fsp3) is 0.391. The maximum Gasteiger partial charge on any atom is 0.226 e. The highest BCUT2D eigenvalue weighted by molar-refractivity contribution is 5.95. The summed E-state index contributed by atoms with van der Waals surface area (Å²) < 4.78 is 0. The number of nitrogens with zero attached hydrogens (tertiary/aromatic N) is 1. The first-order valence-electron chi connectivity index (χ1n) is 9.63. The second kappa shape index (κ2) is 9.36. The molecule has 1 N–H and O–H groups in total. The Balaban J connectivity index is 2.11. The Labute approximate surface area is 162 Å². The summed E-state index contributed by atoms with van der Waals surface area (Å²) in [6.07, 6.45) is 1.99. The van der Waals surface area contributed by atoms with E-state index < -0.39 is 0 Å². The summed E-state index contributed by atoms with van der Waals surface area (Å²) in [5.74, 6) is -0.130. The molecule has 0 unspecified atom stereocenters. The van der Waals surface area contributed by atoms with Crippen molar-refractivity contribution in [3.63, 3.8) is 0 Å². The third-order valence-corrected chi connectivity index (χ3v) is 5.01. The molecule has 0 bridgehead atoms. The Morgan fingerprint density at radius 1 is 0.963 bits per heavy atom. The minimum atomic E-state index is -0.0688. The molecule has 0 radical (unpaired) electrons. The van der Waals surface area contributed by atoms with E-state index in [1.54, 1.807) is 4.90 Å². The van der Waals surface area contributed by atoms with Crippen LogP contribution in [0, 0.1) is 13.8 Å². The molecule has 0 saturated carbocycles. The predicted octanol–water partition coefficient (Wildman–Crippen LogP) is 4.81. The van der Waals surface area contributed by atoms with E-state index in [2.05, 4.69) is 19.2 Å².